The first-order valence-corrected chi connectivity index (χ1v) is 7.07. The summed E-state index contributed by atoms with van der Waals surface area (Å²) in [5.41, 5.74) is 2.15. The van der Waals surface area contributed by atoms with Crippen LogP contribution >= 0.6 is 15.9 Å². The summed E-state index contributed by atoms with van der Waals surface area (Å²) >= 11 is 3.64. The molecule has 1 heterocycles. The van der Waals surface area contributed by atoms with E-state index >= 15 is 0 Å². The molecule has 3 nitrogen and oxygen atoms in total. The number of halogens is 1. The highest BCUT2D eigenvalue weighted by Crippen LogP contribution is 2.32. The summed E-state index contributed by atoms with van der Waals surface area (Å²) in [7, 11) is 0. The van der Waals surface area contributed by atoms with Crippen LogP contribution in [0.5, 0.6) is 0 Å². The number of aliphatic hydroxyl groups is 1. The molecule has 1 aromatic carbocycles. The molecule has 0 unspecified atom stereocenters. The van der Waals surface area contributed by atoms with Crippen molar-refractivity contribution in [1.82, 2.24) is 0 Å². The zero-order valence-corrected chi connectivity index (χ0v) is 12.5. The fraction of sp³-hybridized carbons (Fsp3) is 0.571. The summed E-state index contributed by atoms with van der Waals surface area (Å²) in [6, 6.07) is 6.34. The number of rotatable bonds is 3. The number of benzene rings is 1. The topological polar surface area (TPSA) is 32.7 Å². The fourth-order valence-corrected chi connectivity index (χ4v) is 2.71. The summed E-state index contributed by atoms with van der Waals surface area (Å²) in [4.78, 5) is 2.32. The lowest BCUT2D eigenvalue weighted by Crippen LogP contribution is -2.36. The van der Waals surface area contributed by atoms with Crippen LogP contribution in [0, 0.1) is 0 Å². The third kappa shape index (κ3) is 2.87. The molecule has 1 aromatic rings. The third-order valence-corrected chi connectivity index (χ3v) is 4.11. The number of hydrogen-bond acceptors (Lipinski definition) is 3. The normalized spacial score (nSPS) is 17.0. The maximum Gasteiger partial charge on any atom is 0.0642 e. The molecule has 1 aliphatic heterocycles. The van der Waals surface area contributed by atoms with Crippen LogP contribution in [0.2, 0.25) is 0 Å². The van der Waals surface area contributed by atoms with E-state index in [2.05, 4.69) is 39.0 Å². The number of morpholine rings is 1. The fourth-order valence-electron chi connectivity index (χ4n) is 2.08. The van der Waals surface area contributed by atoms with Crippen molar-refractivity contribution < 1.29 is 9.84 Å². The molecular formula is C14H20BrNO2. The molecule has 0 spiro atoms. The van der Waals surface area contributed by atoms with Gasteiger partial charge in [-0.3, -0.25) is 0 Å². The molecule has 4 heteroatoms. The molecule has 0 amide bonds. The average molecular weight is 314 g/mol. The molecular weight excluding hydrogens is 294 g/mol. The van der Waals surface area contributed by atoms with Crippen molar-refractivity contribution in [2.45, 2.75) is 19.3 Å². The van der Waals surface area contributed by atoms with Gasteiger partial charge in [-0.2, -0.15) is 0 Å². The van der Waals surface area contributed by atoms with Crippen LogP contribution in [0.4, 0.5) is 5.69 Å². The minimum Gasteiger partial charge on any atom is -0.395 e. The van der Waals surface area contributed by atoms with Gasteiger partial charge in [0, 0.05) is 23.0 Å². The van der Waals surface area contributed by atoms with E-state index in [1.807, 2.05) is 13.8 Å². The van der Waals surface area contributed by atoms with Crippen molar-refractivity contribution in [3.63, 3.8) is 0 Å². The van der Waals surface area contributed by atoms with E-state index in [4.69, 9.17) is 4.74 Å². The Hall–Kier alpha value is -0.580. The van der Waals surface area contributed by atoms with Gasteiger partial charge in [0.2, 0.25) is 0 Å². The predicted octanol–water partition coefficient (Wildman–Crippen LogP) is 2.56. The molecule has 0 saturated carbocycles. The van der Waals surface area contributed by atoms with E-state index in [9.17, 15) is 5.11 Å². The Labute approximate surface area is 117 Å². The largest absolute Gasteiger partial charge is 0.395 e. The average Bonchev–Trinajstić information content (AvgIpc) is 2.39. The SMILES string of the molecule is CC(C)(CO)c1ccc(N2CCOCC2)c(Br)c1. The van der Waals surface area contributed by atoms with Crippen LogP contribution in [0.1, 0.15) is 19.4 Å². The zero-order chi connectivity index (χ0) is 13.2. The molecule has 18 heavy (non-hydrogen) atoms. The van der Waals surface area contributed by atoms with Crippen LogP contribution in [0.25, 0.3) is 0 Å². The lowest BCUT2D eigenvalue weighted by molar-refractivity contribution is 0.122. The van der Waals surface area contributed by atoms with Gasteiger partial charge in [0.05, 0.1) is 25.5 Å². The van der Waals surface area contributed by atoms with Gasteiger partial charge in [-0.25, -0.2) is 0 Å². The van der Waals surface area contributed by atoms with Crippen molar-refractivity contribution in [1.29, 1.82) is 0 Å². The second-order valence-electron chi connectivity index (χ2n) is 5.31. The molecule has 1 N–H and O–H groups in total. The lowest BCUT2D eigenvalue weighted by atomic mass is 9.85. The van der Waals surface area contributed by atoms with Crippen molar-refractivity contribution in [3.8, 4) is 0 Å². The Bertz CT molecular complexity index is 414. The Morgan fingerprint density at radius 1 is 1.33 bits per heavy atom. The Morgan fingerprint density at radius 3 is 2.56 bits per heavy atom. The Balaban J connectivity index is 2.24. The van der Waals surface area contributed by atoms with Crippen molar-refractivity contribution in [2.75, 3.05) is 37.8 Å². The maximum atomic E-state index is 9.41. The summed E-state index contributed by atoms with van der Waals surface area (Å²) < 4.78 is 6.45. The van der Waals surface area contributed by atoms with Gasteiger partial charge in [0.15, 0.2) is 0 Å². The van der Waals surface area contributed by atoms with Crippen LogP contribution in [0.15, 0.2) is 22.7 Å². The summed E-state index contributed by atoms with van der Waals surface area (Å²) in [6.07, 6.45) is 0. The number of nitrogens with zero attached hydrogens (tertiary/aromatic N) is 1. The quantitative estimate of drug-likeness (QED) is 0.931. The molecule has 1 saturated heterocycles. The first kappa shape index (κ1) is 13.8. The Kier molecular flexibility index (Phi) is 4.30. The van der Waals surface area contributed by atoms with Gasteiger partial charge in [-0.05, 0) is 33.6 Å². The molecule has 0 aliphatic carbocycles. The molecule has 1 fully saturated rings. The van der Waals surface area contributed by atoms with Gasteiger partial charge in [-0.1, -0.05) is 19.9 Å². The van der Waals surface area contributed by atoms with E-state index in [1.54, 1.807) is 0 Å². The molecule has 0 atom stereocenters. The van der Waals surface area contributed by atoms with E-state index in [-0.39, 0.29) is 12.0 Å². The first-order valence-electron chi connectivity index (χ1n) is 6.28. The van der Waals surface area contributed by atoms with Crippen molar-refractivity contribution in [2.24, 2.45) is 0 Å². The van der Waals surface area contributed by atoms with Gasteiger partial charge < -0.3 is 14.7 Å². The molecule has 0 aromatic heterocycles. The van der Waals surface area contributed by atoms with Gasteiger partial charge in [0.1, 0.15) is 0 Å². The van der Waals surface area contributed by atoms with E-state index in [0.717, 1.165) is 36.3 Å². The number of anilines is 1. The molecule has 1 aliphatic rings. The highest BCUT2D eigenvalue weighted by atomic mass is 79.9. The first-order chi connectivity index (χ1) is 8.54. The van der Waals surface area contributed by atoms with Crippen molar-refractivity contribution >= 4 is 21.6 Å². The smallest absolute Gasteiger partial charge is 0.0642 e. The highest BCUT2D eigenvalue weighted by molar-refractivity contribution is 9.10. The van der Waals surface area contributed by atoms with E-state index in [0.29, 0.717) is 0 Å². The Morgan fingerprint density at radius 2 is 2.00 bits per heavy atom. The molecule has 100 valence electrons. The van der Waals surface area contributed by atoms with E-state index in [1.165, 1.54) is 5.69 Å². The minimum absolute atomic E-state index is 0.149. The van der Waals surface area contributed by atoms with Crippen LogP contribution in [-0.4, -0.2) is 38.0 Å². The monoisotopic (exact) mass is 313 g/mol. The number of hydrogen-bond donors (Lipinski definition) is 1. The van der Waals surface area contributed by atoms with Gasteiger partial charge in [0.25, 0.3) is 0 Å². The van der Waals surface area contributed by atoms with Crippen LogP contribution in [-0.2, 0) is 10.2 Å². The second kappa shape index (κ2) is 5.59. The minimum atomic E-state index is -0.202. The summed E-state index contributed by atoms with van der Waals surface area (Å²) in [5.74, 6) is 0. The molecule has 0 radical (unpaired) electrons. The standard InChI is InChI=1S/C14H20BrNO2/c1-14(2,10-17)11-3-4-13(12(15)9-11)16-5-7-18-8-6-16/h3-4,9,17H,5-8,10H2,1-2H3. The number of ether oxygens (including phenoxy) is 1. The maximum absolute atomic E-state index is 9.41. The van der Waals surface area contributed by atoms with E-state index < -0.39 is 0 Å². The van der Waals surface area contributed by atoms with Crippen LogP contribution in [0.3, 0.4) is 0 Å². The van der Waals surface area contributed by atoms with Gasteiger partial charge in [-0.15, -0.1) is 0 Å². The van der Waals surface area contributed by atoms with Crippen molar-refractivity contribution in [3.05, 3.63) is 28.2 Å². The lowest BCUT2D eigenvalue weighted by Gasteiger charge is -2.31. The second-order valence-corrected chi connectivity index (χ2v) is 6.16. The predicted molar refractivity (Wildman–Crippen MR) is 77.3 cm³/mol. The summed E-state index contributed by atoms with van der Waals surface area (Å²) in [6.45, 7) is 7.68. The molecule has 2 rings (SSSR count). The third-order valence-electron chi connectivity index (χ3n) is 3.48. The van der Waals surface area contributed by atoms with Gasteiger partial charge >= 0.3 is 0 Å². The zero-order valence-electron chi connectivity index (χ0n) is 10.9. The highest BCUT2D eigenvalue weighted by Gasteiger charge is 2.21. The molecule has 0 bridgehead atoms. The summed E-state index contributed by atoms with van der Waals surface area (Å²) in [5, 5.41) is 9.41. The van der Waals surface area contributed by atoms with Crippen LogP contribution < -0.4 is 4.90 Å². The number of aliphatic hydroxyl groups excluding tert-OH is 1.